The number of amides is 1. The lowest BCUT2D eigenvalue weighted by Crippen LogP contribution is -2.60. The van der Waals surface area contributed by atoms with E-state index in [4.69, 9.17) is 35.3 Å². The summed E-state index contributed by atoms with van der Waals surface area (Å²) in [6.45, 7) is 17.0. The van der Waals surface area contributed by atoms with Crippen molar-refractivity contribution in [3.8, 4) is 11.3 Å². The van der Waals surface area contributed by atoms with Crippen LogP contribution in [0.1, 0.15) is 80.6 Å². The molecule has 3 fully saturated rings. The molecule has 1 N–H and O–H groups in total. The van der Waals surface area contributed by atoms with Crippen LogP contribution in [-0.2, 0) is 44.6 Å². The van der Waals surface area contributed by atoms with E-state index < -0.39 is 83.4 Å². The molecule has 0 spiro atoms. The van der Waals surface area contributed by atoms with Crippen LogP contribution in [-0.4, -0.2) is 135 Å². The van der Waals surface area contributed by atoms with Gasteiger partial charge in [-0.3, -0.25) is 19.3 Å². The van der Waals surface area contributed by atoms with Crippen LogP contribution < -0.4 is 0 Å². The van der Waals surface area contributed by atoms with Gasteiger partial charge in [0.1, 0.15) is 29.1 Å². The number of aliphatic hydroxyl groups is 1. The van der Waals surface area contributed by atoms with E-state index in [1.54, 1.807) is 58.1 Å². The minimum atomic E-state index is -1.61. The topological polar surface area (TPSA) is 172 Å². The van der Waals surface area contributed by atoms with E-state index in [-0.39, 0.29) is 37.3 Å². The molecule has 5 rings (SSSR count). The summed E-state index contributed by atoms with van der Waals surface area (Å²) < 4.78 is 33.2. The van der Waals surface area contributed by atoms with Crippen molar-refractivity contribution in [1.29, 1.82) is 0 Å². The number of esters is 1. The Labute approximate surface area is 359 Å². The number of cyclic esters (lactones) is 1. The van der Waals surface area contributed by atoms with Gasteiger partial charge in [-0.25, -0.2) is 14.8 Å². The summed E-state index contributed by atoms with van der Waals surface area (Å²) in [5.41, 5.74) is -1.32. The number of nitrogens with zero attached hydrogens (tertiary/aromatic N) is 5. The highest BCUT2D eigenvalue weighted by Gasteiger charge is 2.61. The number of pyridine rings is 1. The van der Waals surface area contributed by atoms with Gasteiger partial charge in [-0.15, -0.1) is 0 Å². The Hall–Kier alpha value is -3.73. The lowest BCUT2D eigenvalue weighted by Gasteiger charge is -2.47. The molecule has 0 radical (unpaired) electrons. The lowest BCUT2D eigenvalue weighted by atomic mass is 9.72. The van der Waals surface area contributed by atoms with Crippen LogP contribution in [0, 0.1) is 23.7 Å². The van der Waals surface area contributed by atoms with E-state index in [0.29, 0.717) is 31.0 Å². The largest absolute Gasteiger partial charge is 0.457 e. The Morgan fingerprint density at radius 3 is 2.37 bits per heavy atom. The maximum Gasteiger partial charge on any atom is 0.411 e. The second kappa shape index (κ2) is 19.5. The number of aryl methyl sites for hydroxylation is 1. The number of likely N-dealkylation sites (N-methyl/N-ethyl adjacent to an activating group) is 1. The first-order chi connectivity index (χ1) is 28.3. The Morgan fingerprint density at radius 2 is 1.75 bits per heavy atom. The fourth-order valence-electron chi connectivity index (χ4n) is 9.42. The number of aromatic nitrogens is 3. The van der Waals surface area contributed by atoms with Crippen molar-refractivity contribution in [2.45, 2.75) is 141 Å². The standard InChI is InChI=1S/C44H64ClN5O10/c1-12-33-44(13-2)38(50(42(55)60-44)19-15-14-18-49-23-31(47-24-49)30-16-17-34(45)46-22-30)27(5)35(51)25(3)21-43(8,56-11)39(28(6)36(52)29(7)40(54)58-33)59-41-37(53)32(48(9)10)20-26(4)57-41/h13,16-17,22-29,32-33,37-39,41,53H,2,12,14-15,18-21H2,1,3-11H3/t25-,26-,27+,28+,29-,32+,33-,37-,38-,39-,41+,43-,44-/m1/s1. The molecule has 0 aliphatic carbocycles. The summed E-state index contributed by atoms with van der Waals surface area (Å²) in [5, 5.41) is 11.9. The van der Waals surface area contributed by atoms with Gasteiger partial charge in [-0.05, 0) is 85.2 Å². The first-order valence-corrected chi connectivity index (χ1v) is 21.4. The van der Waals surface area contributed by atoms with Crippen molar-refractivity contribution in [2.24, 2.45) is 23.7 Å². The molecule has 16 heteroatoms. The number of hydrogen-bond donors (Lipinski definition) is 1. The van der Waals surface area contributed by atoms with Crippen molar-refractivity contribution in [3.05, 3.63) is 48.7 Å². The summed E-state index contributed by atoms with van der Waals surface area (Å²) in [6, 6.07) is 2.36. The molecule has 13 atom stereocenters. The Bertz CT molecular complexity index is 1840. The lowest BCUT2D eigenvalue weighted by molar-refractivity contribution is -0.295. The third-order valence-corrected chi connectivity index (χ3v) is 13.1. The van der Waals surface area contributed by atoms with E-state index in [1.165, 1.54) is 20.1 Å². The van der Waals surface area contributed by atoms with Crippen LogP contribution in [0.5, 0.6) is 0 Å². The molecule has 3 aliphatic rings. The average Bonchev–Trinajstić information content (AvgIpc) is 3.81. The van der Waals surface area contributed by atoms with Crippen LogP contribution in [0.25, 0.3) is 11.3 Å². The van der Waals surface area contributed by atoms with Crippen molar-refractivity contribution >= 4 is 35.2 Å². The molecule has 1 amide bonds. The van der Waals surface area contributed by atoms with Crippen LogP contribution in [0.15, 0.2) is 43.5 Å². The Balaban J connectivity index is 1.45. The number of carbonyl (C=O) groups is 4. The SMILES string of the molecule is C=C[C@]12OC(=O)N(CCCCn3cnc(-c4ccc(Cl)nc4)c3)[C@@H]1[C@@H](C)C(=O)[C@H](C)C[C@@](C)(OC)[C@H](O[C@@H]1O[C@H](C)C[C@H](N(C)C)[C@H]1O)[C@@H](C)C(=O)[C@@H](C)C(=O)O[C@@H]2CC. The number of methoxy groups -OCH3 is 1. The van der Waals surface area contributed by atoms with Crippen LogP contribution in [0.4, 0.5) is 4.79 Å². The number of aliphatic hydroxyl groups excluding tert-OH is 1. The molecule has 0 unspecified atom stereocenters. The van der Waals surface area contributed by atoms with Gasteiger partial charge in [-0.1, -0.05) is 45.9 Å². The number of hydrogen-bond acceptors (Lipinski definition) is 13. The van der Waals surface area contributed by atoms with Gasteiger partial charge in [0.25, 0.3) is 0 Å². The van der Waals surface area contributed by atoms with Crippen LogP contribution in [0.3, 0.4) is 0 Å². The van der Waals surface area contributed by atoms with Gasteiger partial charge in [0.2, 0.25) is 0 Å². The van der Waals surface area contributed by atoms with Gasteiger partial charge in [-0.2, -0.15) is 0 Å². The molecule has 0 saturated carbocycles. The minimum absolute atomic E-state index is 0.0993. The molecular formula is C44H64ClN5O10. The Morgan fingerprint density at radius 1 is 1.05 bits per heavy atom. The zero-order valence-corrected chi connectivity index (χ0v) is 37.5. The first-order valence-electron chi connectivity index (χ1n) is 21.1. The number of Topliss-reactive ketones (excluding diaryl/α,β-unsaturated/α-hetero) is 2. The number of halogens is 1. The summed E-state index contributed by atoms with van der Waals surface area (Å²) in [6.07, 6.45) is 3.58. The fourth-order valence-corrected chi connectivity index (χ4v) is 9.53. The normalized spacial score (nSPS) is 35.8. The summed E-state index contributed by atoms with van der Waals surface area (Å²) in [7, 11) is 5.22. The zero-order valence-electron chi connectivity index (χ0n) is 36.7. The molecule has 3 aliphatic heterocycles. The van der Waals surface area contributed by atoms with Crippen LogP contribution in [0.2, 0.25) is 5.15 Å². The van der Waals surface area contributed by atoms with Crippen molar-refractivity contribution in [1.82, 2.24) is 24.3 Å². The molecule has 0 bridgehead atoms. The van der Waals surface area contributed by atoms with Crippen molar-refractivity contribution < 1.29 is 48.0 Å². The minimum Gasteiger partial charge on any atom is -0.457 e. The molecule has 15 nitrogen and oxygen atoms in total. The summed E-state index contributed by atoms with van der Waals surface area (Å²) in [4.78, 5) is 69.3. The highest BCUT2D eigenvalue weighted by Crippen LogP contribution is 2.44. The molecular weight excluding hydrogens is 794 g/mol. The number of unbranched alkanes of at least 4 members (excludes halogenated alkanes) is 1. The highest BCUT2D eigenvalue weighted by atomic mass is 35.5. The fraction of sp³-hybridized carbons (Fsp3) is 0.682. The van der Waals surface area contributed by atoms with Gasteiger partial charge < -0.3 is 38.3 Å². The second-order valence-electron chi connectivity index (χ2n) is 17.3. The number of ether oxygens (including phenoxy) is 5. The van der Waals surface area contributed by atoms with Gasteiger partial charge in [0.15, 0.2) is 17.7 Å². The number of ketones is 2. The van der Waals surface area contributed by atoms with E-state index in [2.05, 4.69) is 16.5 Å². The van der Waals surface area contributed by atoms with Crippen molar-refractivity contribution in [3.63, 3.8) is 0 Å². The Kier molecular flexibility index (Phi) is 15.4. The molecule has 2 aromatic heterocycles. The smallest absolute Gasteiger partial charge is 0.411 e. The number of fused-ring (bicyclic) bond motifs is 1. The predicted octanol–water partition coefficient (Wildman–Crippen LogP) is 5.75. The summed E-state index contributed by atoms with van der Waals surface area (Å²) in [5.74, 6) is -5.25. The van der Waals surface area contributed by atoms with E-state index in [0.717, 1.165) is 11.3 Å². The molecule has 0 aromatic carbocycles. The molecule has 5 heterocycles. The number of imidazole rings is 1. The molecule has 3 saturated heterocycles. The maximum absolute atomic E-state index is 14.8. The average molecular weight is 858 g/mol. The first kappa shape index (κ1) is 47.3. The van der Waals surface area contributed by atoms with E-state index in [9.17, 15) is 24.3 Å². The summed E-state index contributed by atoms with van der Waals surface area (Å²) >= 11 is 5.95. The molecule has 60 heavy (non-hydrogen) atoms. The predicted molar refractivity (Wildman–Crippen MR) is 224 cm³/mol. The van der Waals surface area contributed by atoms with E-state index in [1.807, 2.05) is 42.7 Å². The van der Waals surface area contributed by atoms with Crippen molar-refractivity contribution in [2.75, 3.05) is 27.7 Å². The monoisotopic (exact) mass is 857 g/mol. The zero-order chi connectivity index (χ0) is 44.3. The van der Waals surface area contributed by atoms with Gasteiger partial charge in [0.05, 0.1) is 35.9 Å². The van der Waals surface area contributed by atoms with Gasteiger partial charge >= 0.3 is 12.1 Å². The second-order valence-corrected chi connectivity index (χ2v) is 17.7. The third kappa shape index (κ3) is 9.66. The molecule has 2 aromatic rings. The van der Waals surface area contributed by atoms with Gasteiger partial charge in [0, 0.05) is 62.0 Å². The maximum atomic E-state index is 14.8. The highest BCUT2D eigenvalue weighted by molar-refractivity contribution is 6.29. The van der Waals surface area contributed by atoms with Crippen LogP contribution >= 0.6 is 11.6 Å². The quantitative estimate of drug-likeness (QED) is 0.0901. The molecule has 332 valence electrons. The number of rotatable bonds is 12. The van der Waals surface area contributed by atoms with E-state index >= 15 is 0 Å². The third-order valence-electron chi connectivity index (χ3n) is 12.9. The number of carbonyl (C=O) groups excluding carboxylic acids is 4.